The van der Waals surface area contributed by atoms with E-state index in [9.17, 15) is 4.39 Å². The molecule has 0 heterocycles. The summed E-state index contributed by atoms with van der Waals surface area (Å²) in [6.45, 7) is 0. The highest BCUT2D eigenvalue weighted by molar-refractivity contribution is 9.10. The summed E-state index contributed by atoms with van der Waals surface area (Å²) in [4.78, 5) is 0. The van der Waals surface area contributed by atoms with Crippen LogP contribution in [0.5, 0.6) is 5.75 Å². The van der Waals surface area contributed by atoms with Gasteiger partial charge in [-0.05, 0) is 45.3 Å². The van der Waals surface area contributed by atoms with Crippen molar-refractivity contribution in [2.75, 3.05) is 7.11 Å². The summed E-state index contributed by atoms with van der Waals surface area (Å²) < 4.78 is 19.1. The van der Waals surface area contributed by atoms with Gasteiger partial charge in [0.15, 0.2) is 0 Å². The minimum atomic E-state index is -0.314. The van der Waals surface area contributed by atoms with Crippen LogP contribution in [0.2, 0.25) is 0 Å². The lowest BCUT2D eigenvalue weighted by Crippen LogP contribution is -2.29. The Morgan fingerprint density at radius 2 is 1.89 bits per heavy atom. The van der Waals surface area contributed by atoms with Crippen LogP contribution in [0.15, 0.2) is 46.9 Å². The van der Waals surface area contributed by atoms with Crippen molar-refractivity contribution in [2.45, 2.75) is 6.04 Å². The molecule has 0 radical (unpaired) electrons. The van der Waals surface area contributed by atoms with Crippen molar-refractivity contribution in [3.63, 3.8) is 0 Å². The van der Waals surface area contributed by atoms with Crippen LogP contribution in [0.3, 0.4) is 0 Å². The van der Waals surface area contributed by atoms with E-state index in [1.165, 1.54) is 6.07 Å². The Bertz CT molecular complexity index is 560. The molecular weight excluding hydrogens is 311 g/mol. The summed E-state index contributed by atoms with van der Waals surface area (Å²) >= 11 is 3.25. The third kappa shape index (κ3) is 2.94. The molecule has 0 fully saturated rings. The van der Waals surface area contributed by atoms with E-state index in [1.54, 1.807) is 13.2 Å². The van der Waals surface area contributed by atoms with Crippen molar-refractivity contribution in [2.24, 2.45) is 5.84 Å². The van der Waals surface area contributed by atoms with Gasteiger partial charge in [0.1, 0.15) is 11.6 Å². The molecule has 2 aromatic carbocycles. The predicted molar refractivity (Wildman–Crippen MR) is 76.3 cm³/mol. The standard InChI is InChI=1S/C14H14BrFN2O/c1-19-10-7-5-9(6-8-10)14(18-17)11-3-2-4-12(16)13(11)15/h2-8,14,18H,17H2,1H3. The van der Waals surface area contributed by atoms with Gasteiger partial charge < -0.3 is 4.74 Å². The van der Waals surface area contributed by atoms with E-state index in [0.717, 1.165) is 16.9 Å². The molecule has 0 aliphatic carbocycles. The Balaban J connectivity index is 2.40. The quantitative estimate of drug-likeness (QED) is 0.671. The zero-order valence-electron chi connectivity index (χ0n) is 10.4. The molecule has 1 unspecified atom stereocenters. The molecule has 0 bridgehead atoms. The van der Waals surface area contributed by atoms with Gasteiger partial charge in [0.05, 0.1) is 17.6 Å². The van der Waals surface area contributed by atoms with Crippen LogP contribution in [0.25, 0.3) is 0 Å². The van der Waals surface area contributed by atoms with E-state index >= 15 is 0 Å². The Hall–Kier alpha value is -1.43. The van der Waals surface area contributed by atoms with Gasteiger partial charge in [0.25, 0.3) is 0 Å². The Morgan fingerprint density at radius 1 is 1.21 bits per heavy atom. The number of nitrogens with two attached hydrogens (primary N) is 1. The second-order valence-corrected chi connectivity index (χ2v) is 4.81. The molecular formula is C14H14BrFN2O. The fraction of sp³-hybridized carbons (Fsp3) is 0.143. The lowest BCUT2D eigenvalue weighted by Gasteiger charge is -2.19. The first-order valence-corrected chi connectivity index (χ1v) is 6.50. The first-order valence-electron chi connectivity index (χ1n) is 5.71. The smallest absolute Gasteiger partial charge is 0.137 e. The zero-order chi connectivity index (χ0) is 13.8. The molecule has 0 amide bonds. The van der Waals surface area contributed by atoms with Gasteiger partial charge in [0, 0.05) is 0 Å². The van der Waals surface area contributed by atoms with Crippen LogP contribution in [0.1, 0.15) is 17.2 Å². The first kappa shape index (κ1) is 14.0. The van der Waals surface area contributed by atoms with Crippen molar-refractivity contribution in [1.29, 1.82) is 0 Å². The fourth-order valence-corrected chi connectivity index (χ4v) is 2.40. The summed E-state index contributed by atoms with van der Waals surface area (Å²) in [5.41, 5.74) is 4.37. The summed E-state index contributed by atoms with van der Waals surface area (Å²) in [6, 6.07) is 12.0. The van der Waals surface area contributed by atoms with Gasteiger partial charge in [-0.2, -0.15) is 0 Å². The summed E-state index contributed by atoms with van der Waals surface area (Å²) in [7, 11) is 1.61. The van der Waals surface area contributed by atoms with Gasteiger partial charge in [-0.25, -0.2) is 9.82 Å². The predicted octanol–water partition coefficient (Wildman–Crippen LogP) is 3.15. The molecule has 2 aromatic rings. The average Bonchev–Trinajstić information content (AvgIpc) is 2.45. The largest absolute Gasteiger partial charge is 0.497 e. The SMILES string of the molecule is COc1ccc(C(NN)c2cccc(F)c2Br)cc1. The summed E-state index contributed by atoms with van der Waals surface area (Å²) in [5.74, 6) is 6.05. The number of nitrogens with one attached hydrogen (secondary N) is 1. The third-order valence-electron chi connectivity index (χ3n) is 2.91. The van der Waals surface area contributed by atoms with Gasteiger partial charge in [-0.15, -0.1) is 0 Å². The summed E-state index contributed by atoms with van der Waals surface area (Å²) in [6.07, 6.45) is 0. The van der Waals surface area contributed by atoms with E-state index < -0.39 is 0 Å². The van der Waals surface area contributed by atoms with Crippen LogP contribution >= 0.6 is 15.9 Å². The van der Waals surface area contributed by atoms with E-state index in [-0.39, 0.29) is 11.9 Å². The topological polar surface area (TPSA) is 47.3 Å². The van der Waals surface area contributed by atoms with Crippen molar-refractivity contribution in [3.05, 3.63) is 63.9 Å². The second-order valence-electron chi connectivity index (χ2n) is 4.02. The van der Waals surface area contributed by atoms with E-state index in [1.807, 2.05) is 30.3 Å². The van der Waals surface area contributed by atoms with Gasteiger partial charge in [-0.1, -0.05) is 24.3 Å². The molecule has 2 rings (SSSR count). The van der Waals surface area contributed by atoms with Crippen molar-refractivity contribution >= 4 is 15.9 Å². The number of ether oxygens (including phenoxy) is 1. The molecule has 0 saturated carbocycles. The van der Waals surface area contributed by atoms with Crippen molar-refractivity contribution in [3.8, 4) is 5.75 Å². The van der Waals surface area contributed by atoms with Crippen LogP contribution in [0, 0.1) is 5.82 Å². The van der Waals surface area contributed by atoms with Gasteiger partial charge >= 0.3 is 0 Å². The Labute approximate surface area is 119 Å². The molecule has 5 heteroatoms. The molecule has 0 aromatic heterocycles. The minimum absolute atomic E-state index is 0.295. The first-order chi connectivity index (χ1) is 9.17. The maximum atomic E-state index is 13.6. The molecule has 0 spiro atoms. The van der Waals surface area contributed by atoms with E-state index in [4.69, 9.17) is 10.6 Å². The highest BCUT2D eigenvalue weighted by Gasteiger charge is 2.17. The maximum absolute atomic E-state index is 13.6. The number of methoxy groups -OCH3 is 1. The Morgan fingerprint density at radius 3 is 2.47 bits per heavy atom. The Kier molecular flexibility index (Phi) is 4.52. The second kappa shape index (κ2) is 6.14. The maximum Gasteiger partial charge on any atom is 0.137 e. The number of benzene rings is 2. The minimum Gasteiger partial charge on any atom is -0.497 e. The molecule has 0 saturated heterocycles. The lowest BCUT2D eigenvalue weighted by atomic mass is 9.99. The molecule has 3 nitrogen and oxygen atoms in total. The normalized spacial score (nSPS) is 12.2. The van der Waals surface area contributed by atoms with Crippen LogP contribution < -0.4 is 16.0 Å². The number of hydrazine groups is 1. The highest BCUT2D eigenvalue weighted by atomic mass is 79.9. The van der Waals surface area contributed by atoms with Crippen molar-refractivity contribution < 1.29 is 9.13 Å². The van der Waals surface area contributed by atoms with Gasteiger partial charge in [0.2, 0.25) is 0 Å². The molecule has 0 aliphatic heterocycles. The number of hydrogen-bond donors (Lipinski definition) is 2. The number of hydrogen-bond acceptors (Lipinski definition) is 3. The van der Waals surface area contributed by atoms with Gasteiger partial charge in [-0.3, -0.25) is 5.84 Å². The van der Waals surface area contributed by atoms with Crippen LogP contribution in [-0.4, -0.2) is 7.11 Å². The van der Waals surface area contributed by atoms with Crippen LogP contribution in [0.4, 0.5) is 4.39 Å². The lowest BCUT2D eigenvalue weighted by molar-refractivity contribution is 0.414. The van der Waals surface area contributed by atoms with E-state index in [0.29, 0.717) is 4.47 Å². The monoisotopic (exact) mass is 324 g/mol. The summed E-state index contributed by atoms with van der Waals surface area (Å²) in [5, 5.41) is 0. The number of halogens is 2. The number of rotatable bonds is 4. The third-order valence-corrected chi connectivity index (χ3v) is 3.74. The zero-order valence-corrected chi connectivity index (χ0v) is 11.9. The van der Waals surface area contributed by atoms with E-state index in [2.05, 4.69) is 21.4 Å². The molecule has 19 heavy (non-hydrogen) atoms. The van der Waals surface area contributed by atoms with Crippen molar-refractivity contribution in [1.82, 2.24) is 5.43 Å². The molecule has 0 aliphatic rings. The highest BCUT2D eigenvalue weighted by Crippen LogP contribution is 2.30. The average molecular weight is 325 g/mol. The molecule has 1 atom stereocenters. The fourth-order valence-electron chi connectivity index (χ4n) is 1.91. The molecule has 100 valence electrons. The molecule has 3 N–H and O–H groups in total. The van der Waals surface area contributed by atoms with Crippen LogP contribution in [-0.2, 0) is 0 Å².